The third-order valence-corrected chi connectivity index (χ3v) is 3.14. The third kappa shape index (κ3) is 1.62. The first-order valence-corrected chi connectivity index (χ1v) is 6.00. The standard InChI is InChI=1S/C12H8BrN3O2/c13-8-1-2-9-3-4-11(15(9)7-8)16-10(12(17)18)5-6-14-16/h1-7H,(H,17,18). The minimum atomic E-state index is -1.00. The number of nitrogens with zero attached hydrogens (tertiary/aromatic N) is 3. The number of carboxylic acid groups (broad SMARTS) is 1. The van der Waals surface area contributed by atoms with E-state index in [1.54, 1.807) is 0 Å². The molecule has 0 saturated heterocycles. The number of carboxylic acids is 1. The molecule has 6 heteroatoms. The Morgan fingerprint density at radius 3 is 2.78 bits per heavy atom. The zero-order valence-electron chi connectivity index (χ0n) is 9.12. The molecular formula is C12H8BrN3O2. The van der Waals surface area contributed by atoms with Crippen molar-refractivity contribution in [2.24, 2.45) is 0 Å². The fraction of sp³-hybridized carbons (Fsp3) is 0. The molecule has 0 fully saturated rings. The van der Waals surface area contributed by atoms with E-state index in [4.69, 9.17) is 5.11 Å². The summed E-state index contributed by atoms with van der Waals surface area (Å²) in [6, 6.07) is 9.09. The summed E-state index contributed by atoms with van der Waals surface area (Å²) in [5, 5.41) is 13.2. The molecule has 0 radical (unpaired) electrons. The van der Waals surface area contributed by atoms with Crippen LogP contribution in [0.5, 0.6) is 0 Å². The lowest BCUT2D eigenvalue weighted by Gasteiger charge is -2.05. The molecule has 0 spiro atoms. The molecule has 3 aromatic rings. The molecular weight excluding hydrogens is 298 g/mol. The Morgan fingerprint density at radius 2 is 2.00 bits per heavy atom. The number of rotatable bonds is 2. The van der Waals surface area contributed by atoms with Gasteiger partial charge in [-0.05, 0) is 46.3 Å². The molecule has 0 aromatic carbocycles. The van der Waals surface area contributed by atoms with Crippen molar-refractivity contribution >= 4 is 27.4 Å². The second kappa shape index (κ2) is 3.99. The van der Waals surface area contributed by atoms with Crippen LogP contribution in [0.2, 0.25) is 0 Å². The van der Waals surface area contributed by atoms with E-state index in [-0.39, 0.29) is 5.69 Å². The molecule has 0 atom stereocenters. The maximum absolute atomic E-state index is 11.1. The molecule has 1 N–H and O–H groups in total. The van der Waals surface area contributed by atoms with E-state index in [9.17, 15) is 4.79 Å². The summed E-state index contributed by atoms with van der Waals surface area (Å²) in [5.74, 6) is -0.314. The molecule has 0 aliphatic carbocycles. The van der Waals surface area contributed by atoms with E-state index in [1.165, 1.54) is 16.9 Å². The molecule has 0 unspecified atom stereocenters. The SMILES string of the molecule is O=C(O)c1ccnn1-c1ccc2ccc(Br)cn12. The first-order valence-electron chi connectivity index (χ1n) is 5.21. The van der Waals surface area contributed by atoms with Crippen LogP contribution in [0.15, 0.2) is 47.2 Å². The van der Waals surface area contributed by atoms with Gasteiger partial charge >= 0.3 is 5.97 Å². The third-order valence-electron chi connectivity index (χ3n) is 2.67. The topological polar surface area (TPSA) is 59.5 Å². The van der Waals surface area contributed by atoms with Gasteiger partial charge in [0.15, 0.2) is 5.69 Å². The van der Waals surface area contributed by atoms with E-state index in [1.807, 2.05) is 34.9 Å². The lowest BCUT2D eigenvalue weighted by molar-refractivity contribution is 0.0687. The number of pyridine rings is 1. The van der Waals surface area contributed by atoms with E-state index >= 15 is 0 Å². The smallest absolute Gasteiger partial charge is 0.354 e. The number of hydrogen-bond donors (Lipinski definition) is 1. The van der Waals surface area contributed by atoms with E-state index in [0.717, 1.165) is 9.99 Å². The van der Waals surface area contributed by atoms with Crippen LogP contribution in [-0.4, -0.2) is 25.3 Å². The number of carbonyl (C=O) groups is 1. The van der Waals surface area contributed by atoms with Gasteiger partial charge in [-0.25, -0.2) is 9.48 Å². The lowest BCUT2D eigenvalue weighted by atomic mass is 10.4. The quantitative estimate of drug-likeness (QED) is 0.791. The average Bonchev–Trinajstić information content (AvgIpc) is 2.92. The highest BCUT2D eigenvalue weighted by Crippen LogP contribution is 2.19. The summed E-state index contributed by atoms with van der Waals surface area (Å²) in [4.78, 5) is 11.1. The summed E-state index contributed by atoms with van der Waals surface area (Å²) in [6.45, 7) is 0. The van der Waals surface area contributed by atoms with Gasteiger partial charge in [0.1, 0.15) is 5.82 Å². The largest absolute Gasteiger partial charge is 0.477 e. The summed E-state index contributed by atoms with van der Waals surface area (Å²) in [5.41, 5.74) is 1.11. The van der Waals surface area contributed by atoms with Gasteiger partial charge in [-0.2, -0.15) is 5.10 Å². The average molecular weight is 306 g/mol. The highest BCUT2D eigenvalue weighted by Gasteiger charge is 2.14. The van der Waals surface area contributed by atoms with Crippen LogP contribution in [-0.2, 0) is 0 Å². The molecule has 3 aromatic heterocycles. The van der Waals surface area contributed by atoms with Gasteiger partial charge in [0, 0.05) is 16.2 Å². The summed E-state index contributed by atoms with van der Waals surface area (Å²) in [6.07, 6.45) is 3.35. The first-order chi connectivity index (χ1) is 8.66. The Labute approximate surface area is 110 Å². The molecule has 0 aliphatic heterocycles. The van der Waals surface area contributed by atoms with Gasteiger partial charge < -0.3 is 9.51 Å². The predicted octanol–water partition coefficient (Wildman–Crippen LogP) is 2.59. The molecule has 0 aliphatic rings. The van der Waals surface area contributed by atoms with Crippen molar-refractivity contribution in [1.29, 1.82) is 0 Å². The Bertz CT molecular complexity index is 745. The van der Waals surface area contributed by atoms with Crippen molar-refractivity contribution in [1.82, 2.24) is 14.2 Å². The monoisotopic (exact) mass is 305 g/mol. The molecule has 3 heterocycles. The van der Waals surface area contributed by atoms with Gasteiger partial charge in [-0.1, -0.05) is 0 Å². The van der Waals surface area contributed by atoms with Crippen LogP contribution in [0.1, 0.15) is 10.5 Å². The van der Waals surface area contributed by atoms with Crippen LogP contribution in [0, 0.1) is 0 Å². The van der Waals surface area contributed by atoms with Gasteiger partial charge in [-0.15, -0.1) is 0 Å². The highest BCUT2D eigenvalue weighted by molar-refractivity contribution is 9.10. The Hall–Kier alpha value is -2.08. The van der Waals surface area contributed by atoms with Crippen LogP contribution < -0.4 is 0 Å². The van der Waals surface area contributed by atoms with Gasteiger partial charge in [0.25, 0.3) is 0 Å². The van der Waals surface area contributed by atoms with E-state index < -0.39 is 5.97 Å². The minimum Gasteiger partial charge on any atom is -0.477 e. The maximum Gasteiger partial charge on any atom is 0.354 e. The number of halogens is 1. The summed E-state index contributed by atoms with van der Waals surface area (Å²) < 4.78 is 4.20. The molecule has 0 saturated carbocycles. The maximum atomic E-state index is 11.1. The van der Waals surface area contributed by atoms with Crippen molar-refractivity contribution in [2.45, 2.75) is 0 Å². The number of aromatic nitrogens is 3. The zero-order chi connectivity index (χ0) is 12.7. The summed E-state index contributed by atoms with van der Waals surface area (Å²) in [7, 11) is 0. The van der Waals surface area contributed by atoms with Crippen molar-refractivity contribution in [3.8, 4) is 5.82 Å². The first kappa shape index (κ1) is 11.0. The van der Waals surface area contributed by atoms with Gasteiger partial charge in [-0.3, -0.25) is 0 Å². The fourth-order valence-corrected chi connectivity index (χ4v) is 2.22. The number of fused-ring (bicyclic) bond motifs is 1. The van der Waals surface area contributed by atoms with Crippen LogP contribution in [0.25, 0.3) is 11.3 Å². The zero-order valence-corrected chi connectivity index (χ0v) is 10.7. The molecule has 5 nitrogen and oxygen atoms in total. The molecule has 0 amide bonds. The summed E-state index contributed by atoms with van der Waals surface area (Å²) >= 11 is 3.40. The van der Waals surface area contributed by atoms with E-state index in [0.29, 0.717) is 5.82 Å². The number of hydrogen-bond acceptors (Lipinski definition) is 2. The second-order valence-corrected chi connectivity index (χ2v) is 4.68. The molecule has 90 valence electrons. The van der Waals surface area contributed by atoms with E-state index in [2.05, 4.69) is 21.0 Å². The second-order valence-electron chi connectivity index (χ2n) is 3.77. The number of aromatic carboxylic acids is 1. The van der Waals surface area contributed by atoms with Crippen LogP contribution in [0.3, 0.4) is 0 Å². The van der Waals surface area contributed by atoms with Crippen molar-refractivity contribution in [3.05, 3.63) is 52.9 Å². The molecule has 3 rings (SSSR count). The Balaban J connectivity index is 2.28. The predicted molar refractivity (Wildman–Crippen MR) is 69.2 cm³/mol. The molecule has 18 heavy (non-hydrogen) atoms. The lowest BCUT2D eigenvalue weighted by Crippen LogP contribution is -2.09. The van der Waals surface area contributed by atoms with Crippen molar-refractivity contribution < 1.29 is 9.90 Å². The molecule has 0 bridgehead atoms. The van der Waals surface area contributed by atoms with Crippen LogP contribution >= 0.6 is 15.9 Å². The fourth-order valence-electron chi connectivity index (χ4n) is 1.88. The Morgan fingerprint density at radius 1 is 1.22 bits per heavy atom. The normalized spacial score (nSPS) is 10.9. The highest BCUT2D eigenvalue weighted by atomic mass is 79.9. The van der Waals surface area contributed by atoms with Gasteiger partial charge in [0.05, 0.1) is 6.20 Å². The van der Waals surface area contributed by atoms with Crippen molar-refractivity contribution in [3.63, 3.8) is 0 Å². The van der Waals surface area contributed by atoms with Crippen molar-refractivity contribution in [2.75, 3.05) is 0 Å². The van der Waals surface area contributed by atoms with Crippen LogP contribution in [0.4, 0.5) is 0 Å². The minimum absolute atomic E-state index is 0.134. The Kier molecular flexibility index (Phi) is 2.45. The van der Waals surface area contributed by atoms with Gasteiger partial charge in [0.2, 0.25) is 0 Å².